The lowest BCUT2D eigenvalue weighted by Gasteiger charge is -2.23. The van der Waals surface area contributed by atoms with Gasteiger partial charge in [0.05, 0.1) is 5.69 Å². The Bertz CT molecular complexity index is 349. The lowest BCUT2D eigenvalue weighted by atomic mass is 10.1. The second-order valence-electron chi connectivity index (χ2n) is 4.16. The molecule has 0 aromatic heterocycles. The van der Waals surface area contributed by atoms with Crippen LogP contribution in [0.5, 0.6) is 5.75 Å². The van der Waals surface area contributed by atoms with Crippen LogP contribution < -0.4 is 10.1 Å². The van der Waals surface area contributed by atoms with Gasteiger partial charge in [0.2, 0.25) is 0 Å². The van der Waals surface area contributed by atoms with E-state index < -0.39 is 0 Å². The molecule has 1 aliphatic rings. The van der Waals surface area contributed by atoms with E-state index in [9.17, 15) is 4.39 Å². The number of hydrogen-bond acceptors (Lipinski definition) is 2. The smallest absolute Gasteiger partial charge is 0.178 e. The molecule has 1 aromatic rings. The van der Waals surface area contributed by atoms with Crippen LogP contribution >= 0.6 is 0 Å². The van der Waals surface area contributed by atoms with E-state index in [4.69, 9.17) is 4.74 Å². The quantitative estimate of drug-likeness (QED) is 0.687. The highest BCUT2D eigenvalue weighted by molar-refractivity contribution is 5.57. The highest BCUT2D eigenvalue weighted by atomic mass is 19.1. The van der Waals surface area contributed by atoms with Crippen LogP contribution in [-0.4, -0.2) is 12.1 Å². The Balaban J connectivity index is 2.43. The summed E-state index contributed by atoms with van der Waals surface area (Å²) in [5.74, 6) is 0.0416. The van der Waals surface area contributed by atoms with E-state index in [-0.39, 0.29) is 11.4 Å². The zero-order chi connectivity index (χ0) is 10.2. The van der Waals surface area contributed by atoms with Gasteiger partial charge in [-0.15, -0.1) is 0 Å². The summed E-state index contributed by atoms with van der Waals surface area (Å²) in [6.07, 6.45) is 0.862. The van der Waals surface area contributed by atoms with Crippen molar-refractivity contribution < 1.29 is 9.13 Å². The first-order valence-electron chi connectivity index (χ1n) is 4.80. The molecule has 0 saturated heterocycles. The number of hydrogen-bond donors (Lipinski definition) is 1. The maximum atomic E-state index is 13.4. The molecule has 0 saturated carbocycles. The molecule has 0 bridgehead atoms. The predicted molar refractivity (Wildman–Crippen MR) is 54.2 cm³/mol. The maximum Gasteiger partial charge on any atom is 0.178 e. The molecule has 1 aromatic carbocycles. The summed E-state index contributed by atoms with van der Waals surface area (Å²) in [6.45, 7) is 4.75. The van der Waals surface area contributed by atoms with Crippen LogP contribution in [0.2, 0.25) is 0 Å². The van der Waals surface area contributed by atoms with Crippen molar-refractivity contribution in [2.45, 2.75) is 25.9 Å². The minimum absolute atomic E-state index is 0.301. The summed E-state index contributed by atoms with van der Waals surface area (Å²) in [5.41, 5.74) is 0.441. The van der Waals surface area contributed by atoms with Crippen molar-refractivity contribution in [3.8, 4) is 5.75 Å². The van der Waals surface area contributed by atoms with Gasteiger partial charge in [-0.25, -0.2) is 4.39 Å². The minimum Gasteiger partial charge on any atom is -0.483 e. The first kappa shape index (κ1) is 9.31. The number of halogens is 1. The Morgan fingerprint density at radius 1 is 1.43 bits per heavy atom. The SMILES string of the molecule is CC1(C)CCNc2cccc(F)c2O1. The second kappa shape index (κ2) is 3.15. The van der Waals surface area contributed by atoms with Gasteiger partial charge in [-0.1, -0.05) is 6.07 Å². The molecular weight excluding hydrogens is 181 g/mol. The molecule has 0 amide bonds. The molecule has 1 N–H and O–H groups in total. The third kappa shape index (κ3) is 1.67. The van der Waals surface area contributed by atoms with Crippen molar-refractivity contribution in [1.29, 1.82) is 0 Å². The molecule has 0 radical (unpaired) electrons. The number of anilines is 1. The molecule has 76 valence electrons. The Morgan fingerprint density at radius 3 is 3.00 bits per heavy atom. The summed E-state index contributed by atoms with van der Waals surface area (Å²) in [7, 11) is 0. The van der Waals surface area contributed by atoms with Gasteiger partial charge in [-0.05, 0) is 26.0 Å². The monoisotopic (exact) mass is 195 g/mol. The van der Waals surface area contributed by atoms with Gasteiger partial charge in [-0.2, -0.15) is 0 Å². The van der Waals surface area contributed by atoms with E-state index in [0.29, 0.717) is 5.75 Å². The second-order valence-corrected chi connectivity index (χ2v) is 4.16. The molecule has 2 nitrogen and oxygen atoms in total. The maximum absolute atomic E-state index is 13.4. The van der Waals surface area contributed by atoms with Crippen LogP contribution in [0.15, 0.2) is 18.2 Å². The van der Waals surface area contributed by atoms with Crippen LogP contribution in [0.3, 0.4) is 0 Å². The molecule has 0 atom stereocenters. The van der Waals surface area contributed by atoms with Gasteiger partial charge >= 0.3 is 0 Å². The fourth-order valence-electron chi connectivity index (χ4n) is 1.58. The fraction of sp³-hybridized carbons (Fsp3) is 0.455. The van der Waals surface area contributed by atoms with Crippen molar-refractivity contribution in [2.24, 2.45) is 0 Å². The molecule has 0 spiro atoms. The largest absolute Gasteiger partial charge is 0.483 e. The van der Waals surface area contributed by atoms with Crippen molar-refractivity contribution >= 4 is 5.69 Å². The zero-order valence-electron chi connectivity index (χ0n) is 8.43. The number of para-hydroxylation sites is 1. The van der Waals surface area contributed by atoms with Gasteiger partial charge < -0.3 is 10.1 Å². The van der Waals surface area contributed by atoms with Gasteiger partial charge in [0, 0.05) is 13.0 Å². The average Bonchev–Trinajstić information content (AvgIpc) is 2.24. The van der Waals surface area contributed by atoms with Gasteiger partial charge in [0.25, 0.3) is 0 Å². The average molecular weight is 195 g/mol. The molecule has 0 unspecified atom stereocenters. The zero-order valence-corrected chi connectivity index (χ0v) is 8.43. The van der Waals surface area contributed by atoms with Crippen LogP contribution in [-0.2, 0) is 0 Å². The summed E-state index contributed by atoms with van der Waals surface area (Å²) in [4.78, 5) is 0. The lowest BCUT2D eigenvalue weighted by Crippen LogP contribution is -2.28. The first-order valence-corrected chi connectivity index (χ1v) is 4.80. The van der Waals surface area contributed by atoms with E-state index in [1.54, 1.807) is 6.07 Å². The van der Waals surface area contributed by atoms with E-state index in [1.165, 1.54) is 6.07 Å². The molecule has 1 aliphatic heterocycles. The van der Waals surface area contributed by atoms with Gasteiger partial charge in [0.1, 0.15) is 5.60 Å². The Labute approximate surface area is 83.1 Å². The molecule has 0 aliphatic carbocycles. The highest BCUT2D eigenvalue weighted by Crippen LogP contribution is 2.34. The highest BCUT2D eigenvalue weighted by Gasteiger charge is 2.25. The normalized spacial score (nSPS) is 18.8. The molecule has 3 heteroatoms. The van der Waals surface area contributed by atoms with Crippen molar-refractivity contribution in [3.63, 3.8) is 0 Å². The minimum atomic E-state index is -0.305. The van der Waals surface area contributed by atoms with Gasteiger partial charge in [-0.3, -0.25) is 0 Å². The Kier molecular flexibility index (Phi) is 2.10. The summed E-state index contributed by atoms with van der Waals surface area (Å²) in [6, 6.07) is 4.94. The standard InChI is InChI=1S/C11H14FNO/c1-11(2)6-7-13-9-5-3-4-8(12)10(9)14-11/h3-5,13H,6-7H2,1-2H3. The first-order chi connectivity index (χ1) is 6.58. The van der Waals surface area contributed by atoms with Crippen LogP contribution in [0.4, 0.5) is 10.1 Å². The van der Waals surface area contributed by atoms with Crippen LogP contribution in [0, 0.1) is 5.82 Å². The number of benzene rings is 1. The molecule has 2 rings (SSSR count). The molecule has 0 fully saturated rings. The van der Waals surface area contributed by atoms with Gasteiger partial charge in [0.15, 0.2) is 11.6 Å². The number of fused-ring (bicyclic) bond motifs is 1. The number of rotatable bonds is 0. The van der Waals surface area contributed by atoms with Crippen molar-refractivity contribution in [3.05, 3.63) is 24.0 Å². The predicted octanol–water partition coefficient (Wildman–Crippen LogP) is 2.80. The Hall–Kier alpha value is -1.25. The fourth-order valence-corrected chi connectivity index (χ4v) is 1.58. The molecular formula is C11H14FNO. The van der Waals surface area contributed by atoms with Crippen LogP contribution in [0.25, 0.3) is 0 Å². The summed E-state index contributed by atoms with van der Waals surface area (Å²) >= 11 is 0. The summed E-state index contributed by atoms with van der Waals surface area (Å²) in [5, 5.41) is 3.16. The molecule has 1 heterocycles. The van der Waals surface area contributed by atoms with E-state index >= 15 is 0 Å². The van der Waals surface area contributed by atoms with Crippen molar-refractivity contribution in [1.82, 2.24) is 0 Å². The Morgan fingerprint density at radius 2 is 2.21 bits per heavy atom. The van der Waals surface area contributed by atoms with Crippen molar-refractivity contribution in [2.75, 3.05) is 11.9 Å². The number of ether oxygens (including phenoxy) is 1. The van der Waals surface area contributed by atoms with E-state index in [2.05, 4.69) is 5.32 Å². The third-order valence-corrected chi connectivity index (χ3v) is 2.39. The topological polar surface area (TPSA) is 21.3 Å². The molecule has 14 heavy (non-hydrogen) atoms. The van der Waals surface area contributed by atoms with E-state index in [0.717, 1.165) is 18.7 Å². The number of nitrogens with one attached hydrogen (secondary N) is 1. The lowest BCUT2D eigenvalue weighted by molar-refractivity contribution is 0.103. The van der Waals surface area contributed by atoms with Crippen LogP contribution in [0.1, 0.15) is 20.3 Å². The third-order valence-electron chi connectivity index (χ3n) is 2.39. The summed E-state index contributed by atoms with van der Waals surface area (Å²) < 4.78 is 19.1. The van der Waals surface area contributed by atoms with E-state index in [1.807, 2.05) is 19.9 Å².